The van der Waals surface area contributed by atoms with Gasteiger partial charge in [-0.3, -0.25) is 0 Å². The molecule has 270 valence electrons. The summed E-state index contributed by atoms with van der Waals surface area (Å²) in [5.74, 6) is 1.24. The Kier molecular flexibility index (Phi) is 6.35. The molecule has 0 radical (unpaired) electrons. The lowest BCUT2D eigenvalue weighted by Crippen LogP contribution is -1.97. The van der Waals surface area contributed by atoms with Gasteiger partial charge >= 0.3 is 0 Å². The molecule has 4 aromatic heterocycles. The third-order valence-electron chi connectivity index (χ3n) is 11.8. The molecular weight excluding hydrogens is 713 g/mol. The summed E-state index contributed by atoms with van der Waals surface area (Å²) >= 11 is 0. The maximum absolute atomic E-state index is 6.24. The van der Waals surface area contributed by atoms with Gasteiger partial charge in [-0.1, -0.05) is 84.9 Å². The summed E-state index contributed by atoms with van der Waals surface area (Å²) in [6, 6.07) is 64.1. The predicted molar refractivity (Wildman–Crippen MR) is 236 cm³/mol. The van der Waals surface area contributed by atoms with E-state index < -0.39 is 0 Å². The smallest absolute Gasteiger partial charge is 0.227 e. The molecule has 6 heteroatoms. The van der Waals surface area contributed by atoms with Crippen LogP contribution in [-0.4, -0.2) is 19.1 Å². The van der Waals surface area contributed by atoms with E-state index in [0.29, 0.717) is 11.8 Å². The molecule has 0 spiro atoms. The van der Waals surface area contributed by atoms with Crippen molar-refractivity contribution in [2.75, 3.05) is 0 Å². The van der Waals surface area contributed by atoms with Gasteiger partial charge in [0.1, 0.15) is 11.0 Å². The molecule has 0 aliphatic heterocycles. The molecule has 0 amide bonds. The minimum Gasteiger partial charge on any atom is -0.436 e. The minimum absolute atomic E-state index is 0.619. The summed E-state index contributed by atoms with van der Waals surface area (Å²) in [6.45, 7) is 0. The fourth-order valence-electron chi connectivity index (χ4n) is 9.15. The van der Waals surface area contributed by atoms with Crippen LogP contribution in [0.4, 0.5) is 0 Å². The van der Waals surface area contributed by atoms with Crippen molar-refractivity contribution in [1.29, 1.82) is 0 Å². The highest BCUT2D eigenvalue weighted by Gasteiger charge is 2.20. The first kappa shape index (κ1) is 31.3. The summed E-state index contributed by atoms with van der Waals surface area (Å²) in [5, 5.41) is 9.55. The second kappa shape index (κ2) is 11.8. The maximum Gasteiger partial charge on any atom is 0.227 e. The normalized spacial score (nSPS) is 12.1. The summed E-state index contributed by atoms with van der Waals surface area (Å²) in [6.07, 6.45) is 0. The number of hydrogen-bond donors (Lipinski definition) is 0. The van der Waals surface area contributed by atoms with E-state index in [1.165, 1.54) is 32.3 Å². The predicted octanol–water partition coefficient (Wildman–Crippen LogP) is 13.8. The molecule has 13 aromatic rings. The van der Waals surface area contributed by atoms with Crippen molar-refractivity contribution in [1.82, 2.24) is 19.1 Å². The molecule has 0 saturated heterocycles. The topological polar surface area (TPSA) is 61.9 Å². The van der Waals surface area contributed by atoms with Crippen molar-refractivity contribution in [2.24, 2.45) is 0 Å². The summed E-state index contributed by atoms with van der Waals surface area (Å²) in [7, 11) is 0. The highest BCUT2D eigenvalue weighted by molar-refractivity contribution is 6.23. The lowest BCUT2D eigenvalue weighted by molar-refractivity contribution is 0.619. The molecule has 0 N–H and O–H groups in total. The SMILES string of the molecule is c1ccc2c(c1)ccc1c2c2cc(-c3nc4ccccc4o3)ccc2n1-c1ccc(-n2c3ccc(-c4nc5ccccc5o4)cc3c3c4ccccc4ccc32)cc1. The van der Waals surface area contributed by atoms with Gasteiger partial charge in [0.05, 0.1) is 22.1 Å². The van der Waals surface area contributed by atoms with Crippen LogP contribution in [0.2, 0.25) is 0 Å². The Morgan fingerprint density at radius 1 is 0.345 bits per heavy atom. The molecule has 0 aliphatic rings. The van der Waals surface area contributed by atoms with E-state index in [1.807, 2.05) is 48.5 Å². The maximum atomic E-state index is 6.24. The first-order chi connectivity index (χ1) is 28.7. The first-order valence-electron chi connectivity index (χ1n) is 19.5. The quantitative estimate of drug-likeness (QED) is 0.180. The standard InChI is InChI=1S/C52H30N4O2/c1-3-11-37-31(9-1)17-27-45-49(37)39-29-33(51-53-41-13-5-7-15-47(41)57-51)19-25-43(39)55(45)35-21-23-36(24-22-35)56-44-26-20-34(52-54-42-14-6-8-16-48(42)58-52)30-40(44)50-38-12-4-2-10-32(38)18-28-46(50)56/h1-30H. The zero-order valence-corrected chi connectivity index (χ0v) is 30.9. The Bertz CT molecular complexity index is 3490. The van der Waals surface area contributed by atoms with Crippen LogP contribution in [0.1, 0.15) is 0 Å². The lowest BCUT2D eigenvalue weighted by Gasteiger charge is -2.12. The molecule has 0 bridgehead atoms. The number of benzene rings is 9. The fourth-order valence-corrected chi connectivity index (χ4v) is 9.15. The summed E-state index contributed by atoms with van der Waals surface area (Å²) in [4.78, 5) is 9.67. The molecule has 6 nitrogen and oxygen atoms in total. The first-order valence-corrected chi connectivity index (χ1v) is 19.5. The summed E-state index contributed by atoms with van der Waals surface area (Å²) in [5.41, 5.74) is 11.9. The van der Waals surface area contributed by atoms with Crippen molar-refractivity contribution in [3.63, 3.8) is 0 Å². The number of nitrogens with zero attached hydrogens (tertiary/aromatic N) is 4. The number of rotatable bonds is 4. The molecule has 13 rings (SSSR count). The number of para-hydroxylation sites is 4. The fraction of sp³-hybridized carbons (Fsp3) is 0. The van der Waals surface area contributed by atoms with Gasteiger partial charge < -0.3 is 18.0 Å². The zero-order chi connectivity index (χ0) is 37.9. The van der Waals surface area contributed by atoms with Crippen molar-refractivity contribution in [2.45, 2.75) is 0 Å². The van der Waals surface area contributed by atoms with Crippen LogP contribution in [-0.2, 0) is 0 Å². The van der Waals surface area contributed by atoms with Crippen LogP contribution in [0.15, 0.2) is 191 Å². The summed E-state index contributed by atoms with van der Waals surface area (Å²) < 4.78 is 17.2. The zero-order valence-electron chi connectivity index (χ0n) is 30.9. The van der Waals surface area contributed by atoms with Crippen LogP contribution in [0.25, 0.3) is 122 Å². The van der Waals surface area contributed by atoms with Gasteiger partial charge in [0.15, 0.2) is 11.2 Å². The molecule has 58 heavy (non-hydrogen) atoms. The Morgan fingerprint density at radius 2 is 0.759 bits per heavy atom. The van der Waals surface area contributed by atoms with Crippen molar-refractivity contribution < 1.29 is 8.83 Å². The van der Waals surface area contributed by atoms with Gasteiger partial charge in [-0.25, -0.2) is 9.97 Å². The highest BCUT2D eigenvalue weighted by atomic mass is 16.4. The average Bonchev–Trinajstić information content (AvgIpc) is 4.07. The van der Waals surface area contributed by atoms with Crippen LogP contribution >= 0.6 is 0 Å². The highest BCUT2D eigenvalue weighted by Crippen LogP contribution is 2.41. The van der Waals surface area contributed by atoms with Crippen LogP contribution in [0.3, 0.4) is 0 Å². The monoisotopic (exact) mass is 742 g/mol. The molecule has 0 unspecified atom stereocenters. The van der Waals surface area contributed by atoms with Gasteiger partial charge in [-0.05, 0) is 119 Å². The lowest BCUT2D eigenvalue weighted by atomic mass is 10.0. The van der Waals surface area contributed by atoms with Crippen LogP contribution in [0.5, 0.6) is 0 Å². The van der Waals surface area contributed by atoms with Gasteiger partial charge in [-0.2, -0.15) is 0 Å². The van der Waals surface area contributed by atoms with Crippen LogP contribution in [0, 0.1) is 0 Å². The van der Waals surface area contributed by atoms with E-state index in [1.54, 1.807) is 0 Å². The second-order valence-corrected chi connectivity index (χ2v) is 15.0. The van der Waals surface area contributed by atoms with Crippen LogP contribution < -0.4 is 0 Å². The average molecular weight is 743 g/mol. The Labute approximate surface area is 330 Å². The Hall–Kier alpha value is -7.96. The molecule has 0 aliphatic carbocycles. The number of aromatic nitrogens is 4. The van der Waals surface area contributed by atoms with E-state index in [0.717, 1.165) is 77.5 Å². The van der Waals surface area contributed by atoms with Gasteiger partial charge in [0.25, 0.3) is 0 Å². The van der Waals surface area contributed by atoms with E-state index in [-0.39, 0.29) is 0 Å². The van der Waals surface area contributed by atoms with E-state index in [2.05, 4.69) is 143 Å². The van der Waals surface area contributed by atoms with E-state index >= 15 is 0 Å². The molecule has 0 atom stereocenters. The minimum atomic E-state index is 0.619. The van der Waals surface area contributed by atoms with E-state index in [4.69, 9.17) is 18.8 Å². The molecule has 0 fully saturated rings. The molecule has 4 heterocycles. The molecule has 9 aromatic carbocycles. The largest absolute Gasteiger partial charge is 0.436 e. The second-order valence-electron chi connectivity index (χ2n) is 15.0. The molecule has 0 saturated carbocycles. The Balaban J connectivity index is 1.00. The Morgan fingerprint density at radius 3 is 1.22 bits per heavy atom. The molecular formula is C52H30N4O2. The van der Waals surface area contributed by atoms with Gasteiger partial charge in [-0.15, -0.1) is 0 Å². The van der Waals surface area contributed by atoms with E-state index in [9.17, 15) is 0 Å². The number of hydrogen-bond acceptors (Lipinski definition) is 4. The van der Waals surface area contributed by atoms with Crippen molar-refractivity contribution >= 4 is 87.4 Å². The van der Waals surface area contributed by atoms with Crippen molar-refractivity contribution in [3.05, 3.63) is 182 Å². The third kappa shape index (κ3) is 4.48. The van der Waals surface area contributed by atoms with Gasteiger partial charge in [0.2, 0.25) is 11.8 Å². The van der Waals surface area contributed by atoms with Crippen molar-refractivity contribution in [3.8, 4) is 34.3 Å². The van der Waals surface area contributed by atoms with Gasteiger partial charge in [0, 0.05) is 44.0 Å². The number of oxazole rings is 2. The number of fused-ring (bicyclic) bond motifs is 12. The third-order valence-corrected chi connectivity index (χ3v) is 11.8.